The maximum atomic E-state index is 13.4. The number of benzene rings is 4. The molecule has 30 heteroatoms. The van der Waals surface area contributed by atoms with E-state index in [1.165, 1.54) is 82.3 Å². The quantitative estimate of drug-likeness (QED) is 0.0531. The third-order valence-electron chi connectivity index (χ3n) is 17.9. The van der Waals surface area contributed by atoms with Gasteiger partial charge in [0.1, 0.15) is 19.0 Å². The van der Waals surface area contributed by atoms with Crippen LogP contribution in [0.15, 0.2) is 97.1 Å². The highest BCUT2D eigenvalue weighted by Gasteiger charge is 2.32. The van der Waals surface area contributed by atoms with E-state index in [4.69, 9.17) is 9.47 Å². The van der Waals surface area contributed by atoms with Crippen LogP contribution in [0.3, 0.4) is 0 Å². The topological polar surface area (TPSA) is 329 Å². The number of carbonyl (C=O) groups excluding carboxylic acids is 14. The lowest BCUT2D eigenvalue weighted by Crippen LogP contribution is -2.49. The summed E-state index contributed by atoms with van der Waals surface area (Å²) in [5.41, 5.74) is 8.89. The summed E-state index contributed by atoms with van der Waals surface area (Å²) < 4.78 is 11.4. The predicted molar refractivity (Wildman–Crippen MR) is 381 cm³/mol. The van der Waals surface area contributed by atoms with Gasteiger partial charge in [0.05, 0.1) is 72.0 Å². The van der Waals surface area contributed by atoms with Crippen molar-refractivity contribution in [1.29, 1.82) is 0 Å². The van der Waals surface area contributed by atoms with E-state index in [2.05, 4.69) is 52.3 Å². The van der Waals surface area contributed by atoms with Gasteiger partial charge >= 0.3 is 12.2 Å². The van der Waals surface area contributed by atoms with Crippen molar-refractivity contribution < 1.29 is 76.6 Å². The Morgan fingerprint density at radius 3 is 0.874 bits per heavy atom. The van der Waals surface area contributed by atoms with Gasteiger partial charge in [-0.05, 0) is 77.2 Å². The molecular formula is C73H98N14O16. The molecule has 4 aromatic carbocycles. The van der Waals surface area contributed by atoms with Gasteiger partial charge in [-0.3, -0.25) is 62.4 Å². The average molecular weight is 1430 g/mol. The Kier molecular flexibility index (Phi) is 31.1. The van der Waals surface area contributed by atoms with E-state index in [9.17, 15) is 67.1 Å². The summed E-state index contributed by atoms with van der Waals surface area (Å²) in [7, 11) is 13.5. The van der Waals surface area contributed by atoms with Gasteiger partial charge in [-0.1, -0.05) is 97.1 Å². The van der Waals surface area contributed by atoms with E-state index in [-0.39, 0.29) is 75.9 Å². The summed E-state index contributed by atoms with van der Waals surface area (Å²) >= 11 is 0. The van der Waals surface area contributed by atoms with Crippen molar-refractivity contribution in [2.75, 3.05) is 188 Å². The van der Waals surface area contributed by atoms with Crippen LogP contribution in [0.5, 0.6) is 0 Å². The molecule has 13 amide bonds. The number of fused-ring (bicyclic) bond motifs is 6. The van der Waals surface area contributed by atoms with Crippen molar-refractivity contribution in [1.82, 2.24) is 69.8 Å². The van der Waals surface area contributed by atoms with Crippen molar-refractivity contribution in [2.45, 2.75) is 44.4 Å². The zero-order valence-corrected chi connectivity index (χ0v) is 60.9. The number of unbranched alkanes of at least 4 members (excludes halogenated alkanes) is 1. The molecule has 0 spiro atoms. The third kappa shape index (κ3) is 24.5. The number of Topliss-reactive ketones (excluding diaryl/α,β-unsaturated/α-hetero) is 1. The molecule has 2 aliphatic carbocycles. The maximum absolute atomic E-state index is 13.4. The minimum atomic E-state index is -0.649. The number of carbonyl (C=O) groups is 14. The highest BCUT2D eigenvalue weighted by molar-refractivity contribution is 5.94. The fourth-order valence-corrected chi connectivity index (χ4v) is 11.6. The second-order valence-electron chi connectivity index (χ2n) is 26.1. The van der Waals surface area contributed by atoms with Crippen molar-refractivity contribution in [3.63, 3.8) is 0 Å². The number of alkyl carbamates (subject to hydrolysis) is 2. The summed E-state index contributed by atoms with van der Waals surface area (Å²) in [6.07, 6.45) is 0.393. The molecule has 0 aromatic heterocycles. The molecule has 0 bridgehead atoms. The summed E-state index contributed by atoms with van der Waals surface area (Å²) in [4.78, 5) is 194. The maximum Gasteiger partial charge on any atom is 0.407 e. The van der Waals surface area contributed by atoms with Crippen molar-refractivity contribution in [3.05, 3.63) is 119 Å². The third-order valence-corrected chi connectivity index (χ3v) is 17.9. The molecule has 103 heavy (non-hydrogen) atoms. The van der Waals surface area contributed by atoms with Crippen molar-refractivity contribution in [2.24, 2.45) is 0 Å². The number of nitrogens with one attached hydrogen (secondary N) is 3. The molecule has 6 rings (SSSR count). The Hall–Kier alpha value is -10.8. The number of ketones is 1. The smallest absolute Gasteiger partial charge is 0.407 e. The summed E-state index contributed by atoms with van der Waals surface area (Å²) in [5.74, 6) is -6.69. The Balaban J connectivity index is 0.873. The number of nitrogens with zero attached hydrogens (tertiary/aromatic N) is 11. The average Bonchev–Trinajstić information content (AvgIpc) is 1.63. The van der Waals surface area contributed by atoms with Crippen LogP contribution < -0.4 is 16.0 Å². The van der Waals surface area contributed by atoms with Gasteiger partial charge in [-0.25, -0.2) is 9.59 Å². The number of rotatable bonds is 38. The Bertz CT molecular complexity index is 3650. The summed E-state index contributed by atoms with van der Waals surface area (Å²) in [6.45, 7) is -1.04. The SMILES string of the molecule is CC(=O)CN(C)C(=O)CN(C)C(=O)CN(C)C(=O)CN(C)C(=O)CN(C)C(=O)CN(C)C(=O)CN(C)C(=O)CN(C)C(=O)CN(C)C(=O)CN(C)C(=O)CCNC(=O)CN(CCCCNC(=O)OCC1c2ccccc2-c2ccccc21)CCCNC(=O)OCC1c2ccccc2-c2ccccc21. The molecular weight excluding hydrogens is 1330 g/mol. The van der Waals surface area contributed by atoms with Gasteiger partial charge in [0.2, 0.25) is 65.0 Å². The number of hydrogen-bond donors (Lipinski definition) is 3. The van der Waals surface area contributed by atoms with Crippen molar-refractivity contribution in [3.8, 4) is 22.3 Å². The second-order valence-corrected chi connectivity index (χ2v) is 26.1. The van der Waals surface area contributed by atoms with Gasteiger partial charge in [0.15, 0.2) is 0 Å². The lowest BCUT2D eigenvalue weighted by Gasteiger charge is -2.27. The van der Waals surface area contributed by atoms with Crippen LogP contribution >= 0.6 is 0 Å². The van der Waals surface area contributed by atoms with Gasteiger partial charge in [0.25, 0.3) is 0 Å². The molecule has 0 atom stereocenters. The van der Waals surface area contributed by atoms with Gasteiger partial charge in [0, 0.05) is 115 Å². The van der Waals surface area contributed by atoms with Gasteiger partial charge in [-0.2, -0.15) is 0 Å². The Morgan fingerprint density at radius 1 is 0.311 bits per heavy atom. The van der Waals surface area contributed by atoms with E-state index >= 15 is 0 Å². The first-order chi connectivity index (χ1) is 48.9. The van der Waals surface area contributed by atoms with Crippen LogP contribution in [0, 0.1) is 0 Å². The highest BCUT2D eigenvalue weighted by atomic mass is 16.6. The first-order valence-electron chi connectivity index (χ1n) is 34.0. The first kappa shape index (κ1) is 81.2. The molecule has 4 aromatic rings. The lowest BCUT2D eigenvalue weighted by atomic mass is 9.98. The Labute approximate surface area is 601 Å². The van der Waals surface area contributed by atoms with Crippen LogP contribution in [0.2, 0.25) is 0 Å². The van der Waals surface area contributed by atoms with E-state index in [1.54, 1.807) is 0 Å². The fraction of sp³-hybridized carbons (Fsp3) is 0.479. The molecule has 2 aliphatic rings. The molecule has 556 valence electrons. The second kappa shape index (κ2) is 39.4. The van der Waals surface area contributed by atoms with Gasteiger partial charge in [-0.15, -0.1) is 0 Å². The molecule has 0 fully saturated rings. The number of likely N-dealkylation sites (N-methyl/N-ethyl adjacent to an activating group) is 10. The van der Waals surface area contributed by atoms with Gasteiger partial charge < -0.3 is 74.4 Å². The Morgan fingerprint density at radius 2 is 0.573 bits per heavy atom. The van der Waals surface area contributed by atoms with Crippen LogP contribution in [0.4, 0.5) is 9.59 Å². The highest BCUT2D eigenvalue weighted by Crippen LogP contribution is 2.45. The number of amides is 13. The van der Waals surface area contributed by atoms with E-state index < -0.39 is 124 Å². The predicted octanol–water partition coefficient (Wildman–Crippen LogP) is 1.22. The molecule has 0 radical (unpaired) electrons. The van der Waals surface area contributed by atoms with Crippen LogP contribution in [0.25, 0.3) is 22.3 Å². The number of ether oxygens (including phenoxy) is 2. The molecule has 0 saturated carbocycles. The van der Waals surface area contributed by atoms with Crippen LogP contribution in [-0.2, 0) is 67.0 Å². The largest absolute Gasteiger partial charge is 0.449 e. The summed E-state index contributed by atoms with van der Waals surface area (Å²) in [5, 5.41) is 8.46. The molecule has 0 unspecified atom stereocenters. The van der Waals surface area contributed by atoms with E-state index in [0.29, 0.717) is 38.9 Å². The first-order valence-corrected chi connectivity index (χ1v) is 34.0. The molecule has 0 saturated heterocycles. The fourth-order valence-electron chi connectivity index (χ4n) is 11.6. The van der Waals surface area contributed by atoms with Crippen molar-refractivity contribution >= 4 is 82.9 Å². The van der Waals surface area contributed by atoms with E-state index in [1.807, 2.05) is 65.6 Å². The minimum absolute atomic E-state index is 0.0382. The minimum Gasteiger partial charge on any atom is -0.449 e. The lowest BCUT2D eigenvalue weighted by molar-refractivity contribution is -0.146. The molecule has 30 nitrogen and oxygen atoms in total. The zero-order chi connectivity index (χ0) is 75.6. The van der Waals surface area contributed by atoms with Crippen LogP contribution in [0.1, 0.15) is 66.7 Å². The monoisotopic (exact) mass is 1430 g/mol. The van der Waals surface area contributed by atoms with Crippen LogP contribution in [-0.4, -0.2) is 325 Å². The molecule has 0 aliphatic heterocycles. The summed E-state index contributed by atoms with van der Waals surface area (Å²) in [6, 6.07) is 32.3. The zero-order valence-electron chi connectivity index (χ0n) is 60.9. The normalized spacial score (nSPS) is 11.7. The van der Waals surface area contributed by atoms with E-state index in [0.717, 1.165) is 88.6 Å². The molecule has 0 heterocycles. The number of hydrogen-bond acceptors (Lipinski definition) is 17. The molecule has 3 N–H and O–H groups in total. The standard InChI is InChI=1S/C73H98N14O16/c1-50(88)37-77(2)63(91)40-79(4)65(93)42-81(6)67(95)44-83(8)69(97)46-85(10)71(99)47-86(11)70(98)45-84(9)68(96)43-82(7)66(94)41-80(5)64(92)39-78(3)62(90)31-34-74-61(89)38-87(36-22-33-76-73(101)103-49-60-57-29-18-14-25-53(57)54-26-15-19-30-58(54)60)35-21-20-32-75-72(100)102-48-59-55-27-16-12-23-51(55)52-24-13-17-28-56(52)59/h12-19,23-30,59-60H,20-22,31-49H2,1-11H3,(H,74,89)(H,75,100)(H,76,101).